The number of rotatable bonds is 5. The van der Waals surface area contributed by atoms with Gasteiger partial charge in [0.2, 0.25) is 5.91 Å². The molecular formula is C21H38N4O2. The molecule has 1 heterocycles. The van der Waals surface area contributed by atoms with E-state index in [-0.39, 0.29) is 16.7 Å². The summed E-state index contributed by atoms with van der Waals surface area (Å²) in [5, 5.41) is 7.08. The van der Waals surface area contributed by atoms with Gasteiger partial charge in [0.05, 0.1) is 18.1 Å². The van der Waals surface area contributed by atoms with Crippen LogP contribution in [0.4, 0.5) is 0 Å². The van der Waals surface area contributed by atoms with Crippen LogP contribution in [0.5, 0.6) is 0 Å². The molecule has 3 atom stereocenters. The molecule has 3 rings (SSSR count). The lowest BCUT2D eigenvalue weighted by molar-refractivity contribution is -0.188. The van der Waals surface area contributed by atoms with Gasteiger partial charge in [0.25, 0.3) is 0 Å². The molecule has 1 saturated heterocycles. The molecular weight excluding hydrogens is 340 g/mol. The Morgan fingerprint density at radius 2 is 1.93 bits per heavy atom. The summed E-state index contributed by atoms with van der Waals surface area (Å²) >= 11 is 0. The first-order chi connectivity index (χ1) is 12.8. The molecule has 3 aliphatic rings. The number of guanidine groups is 1. The van der Waals surface area contributed by atoms with E-state index in [1.54, 1.807) is 4.90 Å². The molecule has 0 spiro atoms. The quantitative estimate of drug-likeness (QED) is 0.569. The Kier molecular flexibility index (Phi) is 6.04. The molecule has 3 unspecified atom stereocenters. The first-order valence-electron chi connectivity index (χ1n) is 10.7. The summed E-state index contributed by atoms with van der Waals surface area (Å²) in [6, 6.07) is 0.365. The van der Waals surface area contributed by atoms with E-state index in [0.29, 0.717) is 24.6 Å². The number of nitrogens with one attached hydrogen (secondary N) is 2. The van der Waals surface area contributed by atoms with Gasteiger partial charge in [-0.1, -0.05) is 26.7 Å². The molecule has 2 N–H and O–H groups in total. The zero-order valence-corrected chi connectivity index (χ0v) is 17.8. The number of nitrogens with zero attached hydrogens (tertiary/aromatic N) is 2. The van der Waals surface area contributed by atoms with Crippen molar-refractivity contribution in [2.24, 2.45) is 21.7 Å². The Hall–Kier alpha value is -1.30. The lowest BCUT2D eigenvalue weighted by Crippen LogP contribution is -2.71. The van der Waals surface area contributed by atoms with Gasteiger partial charge in [-0.3, -0.25) is 9.79 Å². The number of ether oxygens (including phenoxy) is 1. The summed E-state index contributed by atoms with van der Waals surface area (Å²) in [5.41, 5.74) is -0.219. The molecule has 0 aromatic carbocycles. The van der Waals surface area contributed by atoms with Gasteiger partial charge < -0.3 is 20.3 Å². The second kappa shape index (κ2) is 7.98. The summed E-state index contributed by atoms with van der Waals surface area (Å²) in [5.74, 6) is 1.63. The van der Waals surface area contributed by atoms with Gasteiger partial charge in [-0.05, 0) is 32.6 Å². The first-order valence-corrected chi connectivity index (χ1v) is 10.7. The fourth-order valence-electron chi connectivity index (χ4n) is 5.48. The van der Waals surface area contributed by atoms with Crippen LogP contribution in [0.1, 0.15) is 59.3 Å². The number of amides is 1. The fourth-order valence-corrected chi connectivity index (χ4v) is 5.48. The van der Waals surface area contributed by atoms with E-state index in [0.717, 1.165) is 51.2 Å². The number of aliphatic imine (C=N–C) groups is 1. The van der Waals surface area contributed by atoms with Crippen molar-refractivity contribution in [1.82, 2.24) is 15.5 Å². The molecule has 2 aliphatic carbocycles. The van der Waals surface area contributed by atoms with E-state index in [1.165, 1.54) is 6.42 Å². The summed E-state index contributed by atoms with van der Waals surface area (Å²) in [6.07, 6.45) is 6.84. The maximum absolute atomic E-state index is 12.8. The predicted octanol–water partition coefficient (Wildman–Crippen LogP) is 2.39. The molecule has 6 nitrogen and oxygen atoms in total. The molecule has 0 bridgehead atoms. The Balaban J connectivity index is 1.72. The highest BCUT2D eigenvalue weighted by Gasteiger charge is 2.58. The minimum atomic E-state index is -0.322. The van der Waals surface area contributed by atoms with Gasteiger partial charge >= 0.3 is 0 Å². The van der Waals surface area contributed by atoms with Gasteiger partial charge in [0, 0.05) is 44.6 Å². The monoisotopic (exact) mass is 378 g/mol. The molecule has 0 aromatic heterocycles. The topological polar surface area (TPSA) is 66.0 Å². The largest absolute Gasteiger partial charge is 0.377 e. The standard InChI is InChI=1S/C21H38N4O2/c1-6-22-19(23-14-21(11-7-8-12-21)18(26)25(4)5)24-16-15-10-9-13-27-17(15)20(16,2)3/h15-17H,6-14H2,1-5H3,(H2,22,23,24). The van der Waals surface area contributed by atoms with Crippen LogP contribution >= 0.6 is 0 Å². The maximum Gasteiger partial charge on any atom is 0.230 e. The molecule has 3 fully saturated rings. The van der Waals surface area contributed by atoms with Crippen molar-refractivity contribution in [3.8, 4) is 0 Å². The highest BCUT2D eigenvalue weighted by molar-refractivity contribution is 5.84. The van der Waals surface area contributed by atoms with Crippen molar-refractivity contribution in [2.45, 2.75) is 71.4 Å². The van der Waals surface area contributed by atoms with Crippen molar-refractivity contribution in [2.75, 3.05) is 33.8 Å². The van der Waals surface area contributed by atoms with Crippen LogP contribution in [0.25, 0.3) is 0 Å². The number of carbonyl (C=O) groups is 1. The van der Waals surface area contributed by atoms with Crippen LogP contribution < -0.4 is 10.6 Å². The van der Waals surface area contributed by atoms with Crippen molar-refractivity contribution in [3.05, 3.63) is 0 Å². The van der Waals surface area contributed by atoms with E-state index >= 15 is 0 Å². The van der Waals surface area contributed by atoms with Crippen molar-refractivity contribution in [3.63, 3.8) is 0 Å². The van der Waals surface area contributed by atoms with Crippen LogP contribution in [0.3, 0.4) is 0 Å². The average Bonchev–Trinajstić information content (AvgIpc) is 3.13. The summed E-state index contributed by atoms with van der Waals surface area (Å²) in [7, 11) is 3.71. The Labute approximate surface area is 164 Å². The van der Waals surface area contributed by atoms with E-state index in [2.05, 4.69) is 31.4 Å². The summed E-state index contributed by atoms with van der Waals surface area (Å²) in [6.45, 7) is 8.94. The van der Waals surface area contributed by atoms with Crippen LogP contribution in [-0.2, 0) is 9.53 Å². The minimum absolute atomic E-state index is 0.103. The zero-order chi connectivity index (χ0) is 19.7. The number of hydrogen-bond acceptors (Lipinski definition) is 3. The van der Waals surface area contributed by atoms with Gasteiger partial charge in [-0.2, -0.15) is 0 Å². The Morgan fingerprint density at radius 3 is 2.56 bits per heavy atom. The third-order valence-corrected chi connectivity index (χ3v) is 6.93. The first kappa shape index (κ1) is 20.4. The minimum Gasteiger partial charge on any atom is -0.377 e. The lowest BCUT2D eigenvalue weighted by atomic mass is 9.55. The fraction of sp³-hybridized carbons (Fsp3) is 0.905. The Morgan fingerprint density at radius 1 is 1.22 bits per heavy atom. The second-order valence-electron chi connectivity index (χ2n) is 9.42. The third kappa shape index (κ3) is 3.82. The lowest BCUT2D eigenvalue weighted by Gasteiger charge is -2.60. The van der Waals surface area contributed by atoms with E-state index in [4.69, 9.17) is 9.73 Å². The number of fused-ring (bicyclic) bond motifs is 1. The SMILES string of the molecule is CCNC(=NCC1(C(=O)N(C)C)CCCC1)NC1C2CCCOC2C1(C)C. The van der Waals surface area contributed by atoms with Gasteiger partial charge in [0.15, 0.2) is 5.96 Å². The zero-order valence-electron chi connectivity index (χ0n) is 17.8. The predicted molar refractivity (Wildman–Crippen MR) is 109 cm³/mol. The summed E-state index contributed by atoms with van der Waals surface area (Å²) in [4.78, 5) is 19.5. The van der Waals surface area contributed by atoms with Gasteiger partial charge in [-0.15, -0.1) is 0 Å². The third-order valence-electron chi connectivity index (χ3n) is 6.93. The number of hydrogen-bond donors (Lipinski definition) is 2. The molecule has 154 valence electrons. The van der Waals surface area contributed by atoms with Crippen LogP contribution in [-0.4, -0.2) is 62.7 Å². The van der Waals surface area contributed by atoms with Gasteiger partial charge in [0.1, 0.15) is 0 Å². The van der Waals surface area contributed by atoms with E-state index < -0.39 is 0 Å². The Bertz CT molecular complexity index is 567. The highest BCUT2D eigenvalue weighted by atomic mass is 16.5. The highest BCUT2D eigenvalue weighted by Crippen LogP contribution is 2.51. The second-order valence-corrected chi connectivity index (χ2v) is 9.42. The molecule has 1 aliphatic heterocycles. The molecule has 0 radical (unpaired) electrons. The van der Waals surface area contributed by atoms with Crippen molar-refractivity contribution >= 4 is 11.9 Å². The summed E-state index contributed by atoms with van der Waals surface area (Å²) < 4.78 is 6.03. The van der Waals surface area contributed by atoms with Gasteiger partial charge in [-0.25, -0.2) is 0 Å². The molecule has 6 heteroatoms. The smallest absolute Gasteiger partial charge is 0.230 e. The van der Waals surface area contributed by atoms with E-state index in [1.807, 2.05) is 14.1 Å². The molecule has 0 aromatic rings. The molecule has 27 heavy (non-hydrogen) atoms. The van der Waals surface area contributed by atoms with Crippen molar-refractivity contribution < 1.29 is 9.53 Å². The van der Waals surface area contributed by atoms with Crippen LogP contribution in [0, 0.1) is 16.7 Å². The normalized spacial score (nSPS) is 31.6. The van der Waals surface area contributed by atoms with Crippen molar-refractivity contribution in [1.29, 1.82) is 0 Å². The molecule has 2 saturated carbocycles. The van der Waals surface area contributed by atoms with Crippen LogP contribution in [0.2, 0.25) is 0 Å². The van der Waals surface area contributed by atoms with Crippen LogP contribution in [0.15, 0.2) is 4.99 Å². The number of carbonyl (C=O) groups excluding carboxylic acids is 1. The average molecular weight is 379 g/mol. The molecule has 1 amide bonds. The maximum atomic E-state index is 12.8. The van der Waals surface area contributed by atoms with E-state index in [9.17, 15) is 4.79 Å².